The lowest BCUT2D eigenvalue weighted by atomic mass is 10.1. The summed E-state index contributed by atoms with van der Waals surface area (Å²) >= 11 is 5.93. The molecule has 0 aromatic heterocycles. The van der Waals surface area contributed by atoms with Crippen molar-refractivity contribution in [2.45, 2.75) is 38.6 Å². The molecular formula is C23H26ClN3O3. The largest absolute Gasteiger partial charge is 0.354 e. The lowest BCUT2D eigenvalue weighted by molar-refractivity contribution is -0.124. The van der Waals surface area contributed by atoms with Gasteiger partial charge in [-0.3, -0.25) is 14.4 Å². The van der Waals surface area contributed by atoms with Crippen LogP contribution < -0.4 is 10.6 Å². The molecule has 7 heteroatoms. The average molecular weight is 428 g/mol. The molecule has 2 N–H and O–H groups in total. The lowest BCUT2D eigenvalue weighted by Gasteiger charge is -2.24. The fourth-order valence-electron chi connectivity index (χ4n) is 3.48. The van der Waals surface area contributed by atoms with Gasteiger partial charge in [0.1, 0.15) is 6.04 Å². The summed E-state index contributed by atoms with van der Waals surface area (Å²) in [6.45, 7) is 3.27. The van der Waals surface area contributed by atoms with Gasteiger partial charge >= 0.3 is 0 Å². The third-order valence-electron chi connectivity index (χ3n) is 5.12. The van der Waals surface area contributed by atoms with Gasteiger partial charge in [0.15, 0.2) is 0 Å². The molecule has 3 rings (SSSR count). The zero-order valence-corrected chi connectivity index (χ0v) is 17.7. The molecule has 0 radical (unpaired) electrons. The summed E-state index contributed by atoms with van der Waals surface area (Å²) in [7, 11) is 0. The minimum atomic E-state index is -0.420. The van der Waals surface area contributed by atoms with Crippen LogP contribution in [0.25, 0.3) is 0 Å². The number of anilines is 1. The summed E-state index contributed by atoms with van der Waals surface area (Å²) in [5, 5.41) is 6.20. The zero-order chi connectivity index (χ0) is 21.5. The predicted molar refractivity (Wildman–Crippen MR) is 118 cm³/mol. The van der Waals surface area contributed by atoms with Gasteiger partial charge in [-0.05, 0) is 61.7 Å². The molecule has 1 aliphatic heterocycles. The molecule has 0 saturated carbocycles. The van der Waals surface area contributed by atoms with E-state index in [0.29, 0.717) is 41.3 Å². The second-order valence-electron chi connectivity index (χ2n) is 7.34. The summed E-state index contributed by atoms with van der Waals surface area (Å²) < 4.78 is 0. The number of carbonyl (C=O) groups is 3. The molecule has 1 heterocycles. The van der Waals surface area contributed by atoms with E-state index in [0.717, 1.165) is 19.3 Å². The van der Waals surface area contributed by atoms with E-state index in [2.05, 4.69) is 17.6 Å². The minimum absolute atomic E-state index is 0.0836. The van der Waals surface area contributed by atoms with Gasteiger partial charge in [0.2, 0.25) is 5.91 Å². The first-order chi connectivity index (χ1) is 14.5. The number of halogens is 1. The number of carbonyl (C=O) groups excluding carboxylic acids is 3. The van der Waals surface area contributed by atoms with Gasteiger partial charge < -0.3 is 15.5 Å². The van der Waals surface area contributed by atoms with E-state index in [1.54, 1.807) is 53.4 Å². The van der Waals surface area contributed by atoms with Crippen LogP contribution in [-0.4, -0.2) is 41.8 Å². The van der Waals surface area contributed by atoms with Gasteiger partial charge in [-0.15, -0.1) is 0 Å². The highest BCUT2D eigenvalue weighted by atomic mass is 35.5. The van der Waals surface area contributed by atoms with E-state index in [1.165, 1.54) is 0 Å². The van der Waals surface area contributed by atoms with Gasteiger partial charge in [-0.2, -0.15) is 0 Å². The molecule has 1 fully saturated rings. The molecule has 6 nitrogen and oxygen atoms in total. The molecule has 0 unspecified atom stereocenters. The second-order valence-corrected chi connectivity index (χ2v) is 7.78. The maximum Gasteiger partial charge on any atom is 0.255 e. The predicted octanol–water partition coefficient (Wildman–Crippen LogP) is 4.11. The zero-order valence-electron chi connectivity index (χ0n) is 17.0. The Bertz CT molecular complexity index is 914. The normalized spacial score (nSPS) is 15.7. The molecule has 1 saturated heterocycles. The fourth-order valence-corrected chi connectivity index (χ4v) is 3.67. The van der Waals surface area contributed by atoms with Crippen LogP contribution in [0.15, 0.2) is 48.5 Å². The number of likely N-dealkylation sites (tertiary alicyclic amines) is 1. The highest BCUT2D eigenvalue weighted by Crippen LogP contribution is 2.22. The van der Waals surface area contributed by atoms with E-state index in [1.807, 2.05) is 0 Å². The van der Waals surface area contributed by atoms with Crippen LogP contribution in [0.1, 0.15) is 53.3 Å². The first-order valence-corrected chi connectivity index (χ1v) is 10.6. The quantitative estimate of drug-likeness (QED) is 0.652. The summed E-state index contributed by atoms with van der Waals surface area (Å²) in [5.41, 5.74) is 1.52. The monoisotopic (exact) mass is 427 g/mol. The van der Waals surface area contributed by atoms with Gasteiger partial charge in [0.05, 0.1) is 0 Å². The Kier molecular flexibility index (Phi) is 7.46. The Morgan fingerprint density at radius 1 is 1.10 bits per heavy atom. The molecule has 2 aromatic carbocycles. The molecule has 158 valence electrons. The SMILES string of the molecule is CCCCNC(=O)[C@H]1CCCN1C(=O)c1ccc(NC(=O)c2cccc(Cl)c2)cc1. The Labute approximate surface area is 181 Å². The molecule has 1 aliphatic rings. The molecule has 30 heavy (non-hydrogen) atoms. The van der Waals surface area contributed by atoms with Crippen molar-refractivity contribution in [3.05, 3.63) is 64.7 Å². The van der Waals surface area contributed by atoms with E-state index >= 15 is 0 Å². The number of amides is 3. The van der Waals surface area contributed by atoms with Crippen molar-refractivity contribution >= 4 is 35.0 Å². The molecule has 2 aromatic rings. The van der Waals surface area contributed by atoms with Crippen LogP contribution in [0.4, 0.5) is 5.69 Å². The Morgan fingerprint density at radius 3 is 2.57 bits per heavy atom. The lowest BCUT2D eigenvalue weighted by Crippen LogP contribution is -2.46. The summed E-state index contributed by atoms with van der Waals surface area (Å²) in [6.07, 6.45) is 3.42. The third kappa shape index (κ3) is 5.39. The van der Waals surface area contributed by atoms with Crippen LogP contribution in [0, 0.1) is 0 Å². The average Bonchev–Trinajstić information content (AvgIpc) is 3.24. The summed E-state index contributed by atoms with van der Waals surface area (Å²) in [4.78, 5) is 39.3. The second kappa shape index (κ2) is 10.3. The van der Waals surface area contributed by atoms with E-state index in [-0.39, 0.29) is 17.7 Å². The highest BCUT2D eigenvalue weighted by Gasteiger charge is 2.34. The first kappa shape index (κ1) is 21.8. The summed E-state index contributed by atoms with van der Waals surface area (Å²) in [5.74, 6) is -0.532. The topological polar surface area (TPSA) is 78.5 Å². The number of hydrogen-bond donors (Lipinski definition) is 2. The van der Waals surface area contributed by atoms with Gasteiger partial charge in [0, 0.05) is 34.9 Å². The molecule has 0 spiro atoms. The van der Waals surface area contributed by atoms with Gasteiger partial charge in [-0.25, -0.2) is 0 Å². The highest BCUT2D eigenvalue weighted by molar-refractivity contribution is 6.31. The number of nitrogens with zero attached hydrogens (tertiary/aromatic N) is 1. The van der Waals surface area contributed by atoms with Gasteiger partial charge in [0.25, 0.3) is 11.8 Å². The van der Waals surface area contributed by atoms with Gasteiger partial charge in [-0.1, -0.05) is 31.0 Å². The van der Waals surface area contributed by atoms with Crippen LogP contribution in [0.5, 0.6) is 0 Å². The number of rotatable bonds is 7. The maximum atomic E-state index is 12.9. The number of nitrogens with one attached hydrogen (secondary N) is 2. The Balaban J connectivity index is 1.63. The van der Waals surface area contributed by atoms with Crippen molar-refractivity contribution in [2.75, 3.05) is 18.4 Å². The summed E-state index contributed by atoms with van der Waals surface area (Å²) in [6, 6.07) is 13.0. The Morgan fingerprint density at radius 2 is 1.87 bits per heavy atom. The smallest absolute Gasteiger partial charge is 0.255 e. The molecule has 3 amide bonds. The van der Waals surface area contributed by atoms with Crippen molar-refractivity contribution in [2.24, 2.45) is 0 Å². The van der Waals surface area contributed by atoms with Crippen LogP contribution in [0.2, 0.25) is 5.02 Å². The number of unbranched alkanes of at least 4 members (excludes halogenated alkanes) is 1. The fraction of sp³-hybridized carbons (Fsp3) is 0.348. The standard InChI is InChI=1S/C23H26ClN3O3/c1-2-3-13-25-22(29)20-8-5-14-27(20)23(30)16-9-11-19(12-10-16)26-21(28)17-6-4-7-18(24)15-17/h4,6-7,9-12,15,20H,2-3,5,8,13-14H2,1H3,(H,25,29)(H,26,28)/t20-/m1/s1. The first-order valence-electron chi connectivity index (χ1n) is 10.2. The molecule has 1 atom stereocenters. The van der Waals surface area contributed by atoms with Crippen molar-refractivity contribution in [1.29, 1.82) is 0 Å². The van der Waals surface area contributed by atoms with Crippen molar-refractivity contribution in [3.8, 4) is 0 Å². The van der Waals surface area contributed by atoms with Crippen molar-refractivity contribution in [3.63, 3.8) is 0 Å². The van der Waals surface area contributed by atoms with Crippen LogP contribution in [0.3, 0.4) is 0 Å². The maximum absolute atomic E-state index is 12.9. The Hall–Kier alpha value is -2.86. The molecular weight excluding hydrogens is 402 g/mol. The third-order valence-corrected chi connectivity index (χ3v) is 5.36. The van der Waals surface area contributed by atoms with E-state index in [9.17, 15) is 14.4 Å². The molecule has 0 bridgehead atoms. The van der Waals surface area contributed by atoms with Crippen LogP contribution >= 0.6 is 11.6 Å². The molecule has 0 aliphatic carbocycles. The van der Waals surface area contributed by atoms with Crippen molar-refractivity contribution in [1.82, 2.24) is 10.2 Å². The van der Waals surface area contributed by atoms with Crippen LogP contribution in [-0.2, 0) is 4.79 Å². The van der Waals surface area contributed by atoms with E-state index < -0.39 is 6.04 Å². The number of benzene rings is 2. The van der Waals surface area contributed by atoms with E-state index in [4.69, 9.17) is 11.6 Å². The minimum Gasteiger partial charge on any atom is -0.354 e. The van der Waals surface area contributed by atoms with Crippen molar-refractivity contribution < 1.29 is 14.4 Å². The number of hydrogen-bond acceptors (Lipinski definition) is 3.